The molecular weight excluding hydrogens is 352 g/mol. The fourth-order valence-electron chi connectivity index (χ4n) is 5.67. The largest absolute Gasteiger partial charge is 0.376 e. The van der Waals surface area contributed by atoms with Crippen LogP contribution in [0.25, 0.3) is 0 Å². The van der Waals surface area contributed by atoms with E-state index in [1.54, 1.807) is 5.56 Å². The average molecular weight is 395 g/mol. The summed E-state index contributed by atoms with van der Waals surface area (Å²) in [6.07, 6.45) is 20.5. The fraction of sp³-hybridized carbons (Fsp3) is 0.643. The summed E-state index contributed by atoms with van der Waals surface area (Å²) in [5.74, 6) is 3.79. The molecule has 0 saturated heterocycles. The van der Waals surface area contributed by atoms with Crippen molar-refractivity contribution in [1.82, 2.24) is 0 Å². The van der Waals surface area contributed by atoms with Crippen LogP contribution < -0.4 is 0 Å². The second-order valence-corrected chi connectivity index (χ2v) is 9.48. The lowest BCUT2D eigenvalue weighted by atomic mass is 9.68. The third kappa shape index (κ3) is 7.14. The summed E-state index contributed by atoms with van der Waals surface area (Å²) >= 11 is 0. The van der Waals surface area contributed by atoms with Crippen molar-refractivity contribution in [3.8, 4) is 0 Å². The number of unbranched alkanes of at least 4 members (excludes halogenated alkanes) is 1. The lowest BCUT2D eigenvalue weighted by Crippen LogP contribution is -2.25. The van der Waals surface area contributed by atoms with Gasteiger partial charge in [0.15, 0.2) is 0 Å². The smallest absolute Gasteiger partial charge is 0.0717 e. The highest BCUT2D eigenvalue weighted by Gasteiger charge is 2.31. The third-order valence-corrected chi connectivity index (χ3v) is 7.54. The van der Waals surface area contributed by atoms with E-state index in [0.717, 1.165) is 43.3 Å². The van der Waals surface area contributed by atoms with E-state index in [1.807, 2.05) is 6.08 Å². The topological polar surface area (TPSA) is 9.23 Å². The van der Waals surface area contributed by atoms with Gasteiger partial charge in [-0.25, -0.2) is 0 Å². The summed E-state index contributed by atoms with van der Waals surface area (Å²) in [6.45, 7) is 9.08. The third-order valence-electron chi connectivity index (χ3n) is 7.54. The van der Waals surface area contributed by atoms with Crippen molar-refractivity contribution in [2.75, 3.05) is 6.61 Å². The predicted octanol–water partition coefficient (Wildman–Crippen LogP) is 8.22. The molecule has 0 spiro atoms. The van der Waals surface area contributed by atoms with Crippen molar-refractivity contribution in [3.63, 3.8) is 0 Å². The summed E-state index contributed by atoms with van der Waals surface area (Å²) < 4.78 is 5.69. The van der Waals surface area contributed by atoms with Crippen LogP contribution in [-0.4, -0.2) is 6.61 Å². The molecule has 1 aromatic carbocycles. The first kappa shape index (κ1) is 22.3. The van der Waals surface area contributed by atoms with Gasteiger partial charge < -0.3 is 4.74 Å². The molecule has 0 N–H and O–H groups in total. The molecule has 2 fully saturated rings. The molecule has 0 radical (unpaired) electrons. The monoisotopic (exact) mass is 394 g/mol. The highest BCUT2D eigenvalue weighted by atomic mass is 16.5. The lowest BCUT2D eigenvalue weighted by molar-refractivity contribution is 0.125. The van der Waals surface area contributed by atoms with Gasteiger partial charge in [-0.2, -0.15) is 0 Å². The van der Waals surface area contributed by atoms with Gasteiger partial charge in [0.1, 0.15) is 0 Å². The van der Waals surface area contributed by atoms with E-state index in [9.17, 15) is 0 Å². The number of allylic oxidation sites excluding steroid dienone is 1. The van der Waals surface area contributed by atoms with Gasteiger partial charge in [0.25, 0.3) is 0 Å². The zero-order valence-corrected chi connectivity index (χ0v) is 18.5. The van der Waals surface area contributed by atoms with Crippen LogP contribution >= 0.6 is 0 Å². The van der Waals surface area contributed by atoms with Crippen molar-refractivity contribution in [1.29, 1.82) is 0 Å². The molecule has 1 aromatic rings. The first-order chi connectivity index (χ1) is 14.3. The molecule has 0 atom stereocenters. The van der Waals surface area contributed by atoms with Crippen LogP contribution in [0.3, 0.4) is 0 Å². The van der Waals surface area contributed by atoms with E-state index in [2.05, 4.69) is 43.5 Å². The molecule has 3 rings (SSSR count). The average Bonchev–Trinajstić information content (AvgIpc) is 2.78. The first-order valence-electron chi connectivity index (χ1n) is 12.2. The van der Waals surface area contributed by atoms with Crippen LogP contribution in [0, 0.1) is 17.8 Å². The molecule has 29 heavy (non-hydrogen) atoms. The second-order valence-electron chi connectivity index (χ2n) is 9.48. The van der Waals surface area contributed by atoms with Crippen LogP contribution in [0.15, 0.2) is 49.6 Å². The Labute approximate surface area is 179 Å². The van der Waals surface area contributed by atoms with E-state index >= 15 is 0 Å². The van der Waals surface area contributed by atoms with Crippen LogP contribution in [0.4, 0.5) is 0 Å². The minimum Gasteiger partial charge on any atom is -0.376 e. The highest BCUT2D eigenvalue weighted by Crippen LogP contribution is 2.44. The molecule has 1 nitrogen and oxygen atoms in total. The van der Waals surface area contributed by atoms with Gasteiger partial charge in [0.2, 0.25) is 0 Å². The highest BCUT2D eigenvalue weighted by molar-refractivity contribution is 5.25. The molecular formula is C28H42O. The fourth-order valence-corrected chi connectivity index (χ4v) is 5.67. The van der Waals surface area contributed by atoms with Crippen molar-refractivity contribution in [3.05, 3.63) is 60.7 Å². The van der Waals surface area contributed by atoms with E-state index in [4.69, 9.17) is 4.74 Å². The van der Waals surface area contributed by atoms with E-state index in [1.165, 1.54) is 76.2 Å². The van der Waals surface area contributed by atoms with Crippen molar-refractivity contribution in [2.24, 2.45) is 17.8 Å². The molecule has 0 amide bonds. The van der Waals surface area contributed by atoms with Gasteiger partial charge in [0.05, 0.1) is 13.2 Å². The number of hydrogen-bond acceptors (Lipinski definition) is 1. The van der Waals surface area contributed by atoms with Crippen LogP contribution in [-0.2, 0) is 11.3 Å². The van der Waals surface area contributed by atoms with Crippen LogP contribution in [0.1, 0.15) is 94.1 Å². The Morgan fingerprint density at radius 1 is 0.793 bits per heavy atom. The Morgan fingerprint density at radius 2 is 1.41 bits per heavy atom. The van der Waals surface area contributed by atoms with Crippen molar-refractivity contribution in [2.45, 2.75) is 89.6 Å². The van der Waals surface area contributed by atoms with Crippen molar-refractivity contribution >= 4 is 0 Å². The summed E-state index contributed by atoms with van der Waals surface area (Å²) in [4.78, 5) is 0. The maximum Gasteiger partial charge on any atom is 0.0717 e. The molecule has 0 unspecified atom stereocenters. The van der Waals surface area contributed by atoms with E-state index in [0.29, 0.717) is 0 Å². The van der Waals surface area contributed by atoms with Gasteiger partial charge in [-0.15, -0.1) is 13.2 Å². The minimum atomic E-state index is 0.719. The first-order valence-corrected chi connectivity index (χ1v) is 12.2. The standard InChI is InChI=1S/C28H42O/c1-3-5-7-8-23-9-13-25(14-10-23)27-17-19-28(20-18-27)26-15-11-24(12-16-26)22-29-21-6-4-2/h3-4,11-12,15-16,23,25,27-28H,1-2,5-10,13-14,17-22H2/t23-,25-,27-,28-. The van der Waals surface area contributed by atoms with Gasteiger partial charge >= 0.3 is 0 Å². The zero-order chi connectivity index (χ0) is 20.3. The number of rotatable bonds is 11. The second kappa shape index (κ2) is 12.4. The molecule has 2 saturated carbocycles. The zero-order valence-electron chi connectivity index (χ0n) is 18.5. The molecule has 1 heteroatoms. The summed E-state index contributed by atoms with van der Waals surface area (Å²) in [7, 11) is 0. The summed E-state index contributed by atoms with van der Waals surface area (Å²) in [5, 5.41) is 0. The van der Waals surface area contributed by atoms with Crippen LogP contribution in [0.2, 0.25) is 0 Å². The number of benzene rings is 1. The predicted molar refractivity (Wildman–Crippen MR) is 125 cm³/mol. The molecule has 160 valence electrons. The maximum absolute atomic E-state index is 5.69. The SMILES string of the molecule is C=CCCC[C@H]1CC[C@H]([C@H]2CC[C@H](c3ccc(COCCC=C)cc3)CC2)CC1. The number of ether oxygens (including phenoxy) is 1. The van der Waals surface area contributed by atoms with Gasteiger partial charge in [-0.3, -0.25) is 0 Å². The molecule has 0 aromatic heterocycles. The Balaban J connectivity index is 1.37. The van der Waals surface area contributed by atoms with Gasteiger partial charge in [-0.1, -0.05) is 55.7 Å². The normalized spacial score (nSPS) is 27.4. The van der Waals surface area contributed by atoms with Crippen molar-refractivity contribution < 1.29 is 4.74 Å². The van der Waals surface area contributed by atoms with Crippen LogP contribution in [0.5, 0.6) is 0 Å². The molecule has 0 bridgehead atoms. The summed E-state index contributed by atoms with van der Waals surface area (Å²) in [6, 6.07) is 9.24. The minimum absolute atomic E-state index is 0.719. The Morgan fingerprint density at radius 3 is 2.03 bits per heavy atom. The molecule has 2 aliphatic carbocycles. The number of hydrogen-bond donors (Lipinski definition) is 0. The maximum atomic E-state index is 5.69. The molecule has 0 aliphatic heterocycles. The quantitative estimate of drug-likeness (QED) is 0.271. The Bertz CT molecular complexity index is 585. The van der Waals surface area contributed by atoms with E-state index < -0.39 is 0 Å². The van der Waals surface area contributed by atoms with Gasteiger partial charge in [-0.05, 0) is 92.6 Å². The van der Waals surface area contributed by atoms with E-state index in [-0.39, 0.29) is 0 Å². The molecule has 0 heterocycles. The van der Waals surface area contributed by atoms with Gasteiger partial charge in [0, 0.05) is 0 Å². The molecule has 2 aliphatic rings. The Kier molecular flexibility index (Phi) is 9.54. The lowest BCUT2D eigenvalue weighted by Gasteiger charge is -2.38. The summed E-state index contributed by atoms with van der Waals surface area (Å²) in [5.41, 5.74) is 2.83. The Hall–Kier alpha value is -1.34.